The predicted molar refractivity (Wildman–Crippen MR) is 139 cm³/mol. The first kappa shape index (κ1) is 23.8. The van der Waals surface area contributed by atoms with Gasteiger partial charge in [-0.3, -0.25) is 4.79 Å². The molecule has 0 bridgehead atoms. The minimum Gasteiger partial charge on any atom is -0.496 e. The van der Waals surface area contributed by atoms with Gasteiger partial charge >= 0.3 is 0 Å². The number of carbonyl (C=O) groups is 1. The molecule has 178 valence electrons. The number of carbonyl (C=O) groups excluding carboxylic acids is 1. The lowest BCUT2D eigenvalue weighted by Gasteiger charge is -2.34. The Morgan fingerprint density at radius 2 is 1.65 bits per heavy atom. The summed E-state index contributed by atoms with van der Waals surface area (Å²) in [7, 11) is 1.73. The fraction of sp³-hybridized carbons (Fsp3) is 0.345. The molecule has 5 nitrogen and oxygen atoms in total. The third kappa shape index (κ3) is 6.17. The quantitative estimate of drug-likeness (QED) is 0.475. The van der Waals surface area contributed by atoms with Gasteiger partial charge in [0, 0.05) is 30.4 Å². The Balaban J connectivity index is 1.22. The zero-order valence-electron chi connectivity index (χ0n) is 20.2. The number of piperidine rings is 1. The van der Waals surface area contributed by atoms with Crippen molar-refractivity contribution in [2.24, 2.45) is 0 Å². The van der Waals surface area contributed by atoms with E-state index in [2.05, 4.69) is 39.8 Å². The molecule has 1 aliphatic heterocycles. The van der Waals surface area contributed by atoms with Crippen molar-refractivity contribution in [3.63, 3.8) is 0 Å². The van der Waals surface area contributed by atoms with Gasteiger partial charge < -0.3 is 20.3 Å². The van der Waals surface area contributed by atoms with Gasteiger partial charge in [0.25, 0.3) is 5.91 Å². The monoisotopic (exact) mass is 457 g/mol. The van der Waals surface area contributed by atoms with Crippen molar-refractivity contribution < 1.29 is 9.53 Å². The summed E-state index contributed by atoms with van der Waals surface area (Å²) in [5, 5.41) is 6.80. The molecule has 3 aromatic carbocycles. The van der Waals surface area contributed by atoms with E-state index in [1.807, 2.05) is 61.5 Å². The summed E-state index contributed by atoms with van der Waals surface area (Å²) in [6.07, 6.45) is 3.20. The number of anilines is 1. The van der Waals surface area contributed by atoms with Crippen LogP contribution in [0.3, 0.4) is 0 Å². The molecule has 1 amide bonds. The fourth-order valence-corrected chi connectivity index (χ4v) is 4.59. The van der Waals surface area contributed by atoms with Crippen LogP contribution in [0.25, 0.3) is 0 Å². The maximum Gasteiger partial charge on any atom is 0.251 e. The van der Waals surface area contributed by atoms with Crippen LogP contribution in [0.1, 0.15) is 47.3 Å². The highest BCUT2D eigenvalue weighted by Crippen LogP contribution is 2.22. The summed E-state index contributed by atoms with van der Waals surface area (Å²) < 4.78 is 5.45. The van der Waals surface area contributed by atoms with E-state index in [9.17, 15) is 4.79 Å². The van der Waals surface area contributed by atoms with Crippen molar-refractivity contribution in [3.8, 4) is 5.75 Å². The number of amides is 1. The number of benzene rings is 3. The number of hydrogen-bond acceptors (Lipinski definition) is 4. The molecule has 1 heterocycles. The average molecular weight is 458 g/mol. The van der Waals surface area contributed by atoms with Crippen LogP contribution in [0.15, 0.2) is 78.9 Å². The van der Waals surface area contributed by atoms with Gasteiger partial charge in [-0.25, -0.2) is 0 Å². The molecule has 34 heavy (non-hydrogen) atoms. The van der Waals surface area contributed by atoms with E-state index in [0.717, 1.165) is 50.2 Å². The fourth-order valence-electron chi connectivity index (χ4n) is 4.59. The van der Waals surface area contributed by atoms with Gasteiger partial charge in [0.1, 0.15) is 5.75 Å². The second kappa shape index (κ2) is 11.7. The number of ether oxygens (including phenoxy) is 1. The number of para-hydroxylation sites is 1. The first-order chi connectivity index (χ1) is 16.6. The average Bonchev–Trinajstić information content (AvgIpc) is 2.90. The lowest BCUT2D eigenvalue weighted by molar-refractivity contribution is 0.0940. The number of nitrogens with one attached hydrogen (secondary N) is 2. The summed E-state index contributed by atoms with van der Waals surface area (Å²) in [5.41, 5.74) is 4.23. The molecule has 1 saturated heterocycles. The Kier molecular flexibility index (Phi) is 8.21. The Labute approximate surface area is 203 Å². The highest BCUT2D eigenvalue weighted by molar-refractivity contribution is 5.94. The molecule has 0 saturated carbocycles. The summed E-state index contributed by atoms with van der Waals surface area (Å²) >= 11 is 0. The van der Waals surface area contributed by atoms with E-state index >= 15 is 0 Å². The lowest BCUT2D eigenvalue weighted by atomic mass is 10.0. The molecular formula is C29H35N3O2. The molecule has 1 atom stereocenters. The number of hydrogen-bond donors (Lipinski definition) is 2. The summed E-state index contributed by atoms with van der Waals surface area (Å²) in [6, 6.07) is 26.8. The van der Waals surface area contributed by atoms with Crippen LogP contribution in [0.4, 0.5) is 5.69 Å². The van der Waals surface area contributed by atoms with E-state index < -0.39 is 0 Å². The molecule has 4 rings (SSSR count). The molecule has 1 fully saturated rings. The lowest BCUT2D eigenvalue weighted by Crippen LogP contribution is -2.43. The first-order valence-electron chi connectivity index (χ1n) is 12.2. The number of rotatable bonds is 9. The van der Waals surface area contributed by atoms with Gasteiger partial charge in [0.15, 0.2) is 0 Å². The zero-order valence-corrected chi connectivity index (χ0v) is 20.2. The second-order valence-electron chi connectivity index (χ2n) is 8.93. The molecule has 0 spiro atoms. The van der Waals surface area contributed by atoms with E-state index in [1.165, 1.54) is 11.3 Å². The van der Waals surface area contributed by atoms with Gasteiger partial charge in [0.05, 0.1) is 13.2 Å². The molecule has 2 N–H and O–H groups in total. The molecule has 0 radical (unpaired) electrons. The largest absolute Gasteiger partial charge is 0.496 e. The van der Waals surface area contributed by atoms with Crippen LogP contribution in [-0.2, 0) is 6.42 Å². The summed E-state index contributed by atoms with van der Waals surface area (Å²) in [6.45, 7) is 5.00. The molecule has 0 aromatic heterocycles. The Hall–Kier alpha value is -3.31. The van der Waals surface area contributed by atoms with E-state index in [0.29, 0.717) is 11.6 Å². The molecule has 1 unspecified atom stereocenters. The first-order valence-corrected chi connectivity index (χ1v) is 12.2. The van der Waals surface area contributed by atoms with Crippen molar-refractivity contribution in [1.82, 2.24) is 10.6 Å². The normalized spacial score (nSPS) is 15.1. The van der Waals surface area contributed by atoms with Gasteiger partial charge in [0.2, 0.25) is 0 Å². The molecule has 5 heteroatoms. The standard InChI is InChI=1S/C29H35N3O2/c1-22(23-8-4-3-5-9-23)31-29(33)25-12-14-27(15-13-25)32-20-17-26(18-21-32)30-19-16-24-10-6-7-11-28(24)34-2/h3-15,22,26,30H,16-21H2,1-2H3,(H,31,33). The van der Waals surface area contributed by atoms with E-state index in [1.54, 1.807) is 7.11 Å². The van der Waals surface area contributed by atoms with Crippen LogP contribution < -0.4 is 20.3 Å². The van der Waals surface area contributed by atoms with Gasteiger partial charge in [-0.15, -0.1) is 0 Å². The minimum absolute atomic E-state index is 0.0251. The smallest absolute Gasteiger partial charge is 0.251 e. The van der Waals surface area contributed by atoms with Crippen molar-refractivity contribution in [3.05, 3.63) is 95.6 Å². The molecule has 3 aromatic rings. The Morgan fingerprint density at radius 1 is 0.971 bits per heavy atom. The second-order valence-corrected chi connectivity index (χ2v) is 8.93. The summed E-state index contributed by atoms with van der Waals surface area (Å²) in [5.74, 6) is 0.923. The number of nitrogens with zero attached hydrogens (tertiary/aromatic N) is 1. The van der Waals surface area contributed by atoms with Gasteiger partial charge in [-0.05, 0) is 74.2 Å². The Morgan fingerprint density at radius 3 is 2.35 bits per heavy atom. The van der Waals surface area contributed by atoms with Crippen LogP contribution >= 0.6 is 0 Å². The SMILES string of the molecule is COc1ccccc1CCNC1CCN(c2ccc(C(=O)NC(C)c3ccccc3)cc2)CC1. The zero-order chi connectivity index (χ0) is 23.8. The third-order valence-corrected chi connectivity index (χ3v) is 6.66. The van der Waals surface area contributed by atoms with Crippen molar-refractivity contribution in [2.75, 3.05) is 31.6 Å². The molecule has 1 aliphatic rings. The van der Waals surface area contributed by atoms with Crippen molar-refractivity contribution >= 4 is 11.6 Å². The Bertz CT molecular complexity index is 1040. The van der Waals surface area contributed by atoms with Crippen LogP contribution in [-0.4, -0.2) is 38.7 Å². The topological polar surface area (TPSA) is 53.6 Å². The summed E-state index contributed by atoms with van der Waals surface area (Å²) in [4.78, 5) is 15.1. The highest BCUT2D eigenvalue weighted by Gasteiger charge is 2.19. The van der Waals surface area contributed by atoms with Gasteiger partial charge in [-0.1, -0.05) is 48.5 Å². The minimum atomic E-state index is -0.0409. The molecule has 0 aliphatic carbocycles. The predicted octanol–water partition coefficient (Wildman–Crippen LogP) is 4.99. The van der Waals surface area contributed by atoms with Crippen molar-refractivity contribution in [1.29, 1.82) is 0 Å². The van der Waals surface area contributed by atoms with E-state index in [4.69, 9.17) is 4.74 Å². The van der Waals surface area contributed by atoms with Crippen LogP contribution in [0.5, 0.6) is 5.75 Å². The highest BCUT2D eigenvalue weighted by atomic mass is 16.5. The van der Waals surface area contributed by atoms with E-state index in [-0.39, 0.29) is 11.9 Å². The molecular weight excluding hydrogens is 422 g/mol. The van der Waals surface area contributed by atoms with Crippen molar-refractivity contribution in [2.45, 2.75) is 38.3 Å². The maximum atomic E-state index is 12.7. The number of methoxy groups -OCH3 is 1. The van der Waals surface area contributed by atoms with Crippen LogP contribution in [0, 0.1) is 0 Å². The van der Waals surface area contributed by atoms with Crippen LogP contribution in [0.2, 0.25) is 0 Å². The third-order valence-electron chi connectivity index (χ3n) is 6.66. The maximum absolute atomic E-state index is 12.7. The van der Waals surface area contributed by atoms with Gasteiger partial charge in [-0.2, -0.15) is 0 Å².